The van der Waals surface area contributed by atoms with Crippen molar-refractivity contribution in [3.63, 3.8) is 0 Å². The molecule has 0 unspecified atom stereocenters. The Morgan fingerprint density at radius 3 is 2.77 bits per heavy atom. The molecule has 0 aliphatic carbocycles. The molecule has 3 aromatic rings. The highest BCUT2D eigenvalue weighted by molar-refractivity contribution is 6.07. The zero-order chi connectivity index (χ0) is 21.0. The molecule has 2 N–H and O–H groups in total. The first-order valence-electron chi connectivity index (χ1n) is 10.8. The Hall–Kier alpha value is -3.16. The van der Waals surface area contributed by atoms with Crippen LogP contribution in [0.4, 0.5) is 0 Å². The van der Waals surface area contributed by atoms with Gasteiger partial charge in [-0.25, -0.2) is 4.98 Å². The van der Waals surface area contributed by atoms with Crippen LogP contribution in [0, 0.1) is 0 Å². The monoisotopic (exact) mass is 420 g/mol. The molecule has 0 bridgehead atoms. The van der Waals surface area contributed by atoms with Crippen molar-refractivity contribution in [1.82, 2.24) is 10.3 Å². The number of nitrogens with zero attached hydrogens (tertiary/aromatic N) is 1. The highest BCUT2D eigenvalue weighted by Crippen LogP contribution is 2.36. The summed E-state index contributed by atoms with van der Waals surface area (Å²) in [4.78, 5) is 19.4. The molecule has 5 rings (SSSR count). The summed E-state index contributed by atoms with van der Waals surface area (Å²) in [5.74, 6) is 1.35. The first-order chi connectivity index (χ1) is 15.3. The largest absolute Gasteiger partial charge is 0.454 e. The Labute approximate surface area is 180 Å². The lowest BCUT2D eigenvalue weighted by Gasteiger charge is -2.23. The average molecular weight is 420 g/mol. The van der Waals surface area contributed by atoms with Gasteiger partial charge in [-0.2, -0.15) is 0 Å². The van der Waals surface area contributed by atoms with Crippen molar-refractivity contribution in [2.75, 3.05) is 46.2 Å². The Morgan fingerprint density at radius 2 is 1.87 bits per heavy atom. The third kappa shape index (κ3) is 4.33. The van der Waals surface area contributed by atoms with Gasteiger partial charge in [0.05, 0.1) is 36.5 Å². The van der Waals surface area contributed by atoms with Crippen molar-refractivity contribution < 1.29 is 23.9 Å². The maximum Gasteiger partial charge on any atom is 0.252 e. The van der Waals surface area contributed by atoms with Crippen LogP contribution in [0.3, 0.4) is 0 Å². The minimum Gasteiger partial charge on any atom is -0.454 e. The highest BCUT2D eigenvalue weighted by atomic mass is 16.7. The van der Waals surface area contributed by atoms with E-state index in [-0.39, 0.29) is 12.7 Å². The van der Waals surface area contributed by atoms with Gasteiger partial charge in [0.15, 0.2) is 11.5 Å². The number of fused-ring (bicyclic) bond motifs is 2. The van der Waals surface area contributed by atoms with Gasteiger partial charge in [0, 0.05) is 23.9 Å². The number of quaternary nitrogens is 1. The lowest BCUT2D eigenvalue weighted by molar-refractivity contribution is -0.908. The van der Waals surface area contributed by atoms with Gasteiger partial charge in [0.2, 0.25) is 6.79 Å². The number of rotatable bonds is 6. The van der Waals surface area contributed by atoms with Crippen molar-refractivity contribution in [2.45, 2.75) is 6.42 Å². The van der Waals surface area contributed by atoms with Gasteiger partial charge in [-0.05, 0) is 30.3 Å². The van der Waals surface area contributed by atoms with Crippen molar-refractivity contribution in [2.24, 2.45) is 0 Å². The van der Waals surface area contributed by atoms with Gasteiger partial charge in [0.1, 0.15) is 13.1 Å². The summed E-state index contributed by atoms with van der Waals surface area (Å²) < 4.78 is 16.3. The van der Waals surface area contributed by atoms with Crippen LogP contribution in [0.15, 0.2) is 48.5 Å². The number of ether oxygens (including phenoxy) is 3. The van der Waals surface area contributed by atoms with Crippen LogP contribution in [-0.2, 0) is 4.74 Å². The predicted octanol–water partition coefficient (Wildman–Crippen LogP) is 1.67. The maximum absolute atomic E-state index is 13.1. The van der Waals surface area contributed by atoms with E-state index in [1.807, 2.05) is 48.5 Å². The van der Waals surface area contributed by atoms with Crippen molar-refractivity contribution in [1.29, 1.82) is 0 Å². The molecule has 1 fully saturated rings. The van der Waals surface area contributed by atoms with Crippen LogP contribution in [0.2, 0.25) is 0 Å². The molecular formula is C24H26N3O4+. The van der Waals surface area contributed by atoms with Crippen molar-refractivity contribution >= 4 is 16.8 Å². The highest BCUT2D eigenvalue weighted by Gasteiger charge is 2.18. The molecular weight excluding hydrogens is 394 g/mol. The second-order valence-electron chi connectivity index (χ2n) is 7.86. The summed E-state index contributed by atoms with van der Waals surface area (Å²) in [6, 6.07) is 15.3. The summed E-state index contributed by atoms with van der Waals surface area (Å²) in [5, 5.41) is 3.95. The fourth-order valence-electron chi connectivity index (χ4n) is 4.11. The minimum atomic E-state index is -0.0717. The number of nitrogens with one attached hydrogen (secondary N) is 2. The summed E-state index contributed by atoms with van der Waals surface area (Å²) in [6.45, 7) is 5.66. The molecule has 7 heteroatoms. The Morgan fingerprint density at radius 1 is 1.03 bits per heavy atom. The van der Waals surface area contributed by atoms with Gasteiger partial charge >= 0.3 is 0 Å². The molecule has 1 amide bonds. The summed E-state index contributed by atoms with van der Waals surface area (Å²) >= 11 is 0. The number of amides is 1. The molecule has 0 radical (unpaired) electrons. The van der Waals surface area contributed by atoms with E-state index in [0.29, 0.717) is 17.9 Å². The molecule has 0 atom stereocenters. The number of carbonyl (C=O) groups excluding carboxylic acids is 1. The zero-order valence-corrected chi connectivity index (χ0v) is 17.4. The van der Waals surface area contributed by atoms with E-state index < -0.39 is 0 Å². The standard InChI is InChI=1S/C24H25N3O4/c28-24(25-8-3-9-27-10-12-29-13-11-27)19-15-21(26-20-5-2-1-4-18(19)20)17-6-7-22-23(14-17)31-16-30-22/h1-2,4-7,14-15H,3,8-13,16H2,(H,25,28)/p+1. The number of para-hydroxylation sites is 1. The zero-order valence-electron chi connectivity index (χ0n) is 17.4. The molecule has 3 heterocycles. The summed E-state index contributed by atoms with van der Waals surface area (Å²) in [7, 11) is 0. The van der Waals surface area contributed by atoms with E-state index in [1.165, 1.54) is 0 Å². The number of hydrogen-bond acceptors (Lipinski definition) is 5. The number of carbonyl (C=O) groups is 1. The number of pyridine rings is 1. The Balaban J connectivity index is 1.35. The minimum absolute atomic E-state index is 0.0717. The van der Waals surface area contributed by atoms with E-state index in [4.69, 9.17) is 19.2 Å². The molecule has 7 nitrogen and oxygen atoms in total. The first-order valence-corrected chi connectivity index (χ1v) is 10.8. The van der Waals surface area contributed by atoms with Gasteiger partial charge in [0.25, 0.3) is 5.91 Å². The second kappa shape index (κ2) is 8.91. The SMILES string of the molecule is O=C(NCCC[NH+]1CCOCC1)c1cc(-c2ccc3c(c2)OCO3)nc2ccccc12. The quantitative estimate of drug-likeness (QED) is 0.594. The van der Waals surface area contributed by atoms with Gasteiger partial charge in [-0.1, -0.05) is 18.2 Å². The lowest BCUT2D eigenvalue weighted by Crippen LogP contribution is -3.14. The average Bonchev–Trinajstić information content (AvgIpc) is 3.29. The van der Waals surface area contributed by atoms with Crippen LogP contribution < -0.4 is 19.7 Å². The lowest BCUT2D eigenvalue weighted by atomic mass is 10.0. The maximum atomic E-state index is 13.1. The molecule has 2 aliphatic rings. The molecule has 0 saturated carbocycles. The van der Waals surface area contributed by atoms with E-state index in [2.05, 4.69) is 5.32 Å². The molecule has 31 heavy (non-hydrogen) atoms. The molecule has 2 aliphatic heterocycles. The smallest absolute Gasteiger partial charge is 0.252 e. The second-order valence-corrected chi connectivity index (χ2v) is 7.86. The fourth-order valence-corrected chi connectivity index (χ4v) is 4.11. The van der Waals surface area contributed by atoms with Gasteiger partial charge in [-0.3, -0.25) is 4.79 Å². The van der Waals surface area contributed by atoms with Crippen LogP contribution in [-0.4, -0.2) is 57.1 Å². The molecule has 0 spiro atoms. The number of aromatic nitrogens is 1. The third-order valence-electron chi connectivity index (χ3n) is 5.82. The Bertz CT molecular complexity index is 1100. The molecule has 1 aromatic heterocycles. The van der Waals surface area contributed by atoms with Crippen LogP contribution in [0.1, 0.15) is 16.8 Å². The number of hydrogen-bond donors (Lipinski definition) is 2. The van der Waals surface area contributed by atoms with E-state index >= 15 is 0 Å². The fraction of sp³-hybridized carbons (Fsp3) is 0.333. The third-order valence-corrected chi connectivity index (χ3v) is 5.82. The first kappa shape index (κ1) is 19.8. The summed E-state index contributed by atoms with van der Waals surface area (Å²) in [6.07, 6.45) is 0.944. The summed E-state index contributed by atoms with van der Waals surface area (Å²) in [5.41, 5.74) is 3.05. The van der Waals surface area contributed by atoms with Gasteiger partial charge < -0.3 is 24.4 Å². The van der Waals surface area contributed by atoms with Crippen molar-refractivity contribution in [3.8, 4) is 22.8 Å². The Kier molecular flexibility index (Phi) is 5.69. The topological polar surface area (TPSA) is 74.1 Å². The van der Waals surface area contributed by atoms with Crippen molar-refractivity contribution in [3.05, 3.63) is 54.1 Å². The van der Waals surface area contributed by atoms with E-state index in [9.17, 15) is 4.79 Å². The number of morpholine rings is 1. The van der Waals surface area contributed by atoms with E-state index in [1.54, 1.807) is 4.90 Å². The number of benzene rings is 2. The van der Waals surface area contributed by atoms with Crippen LogP contribution >= 0.6 is 0 Å². The van der Waals surface area contributed by atoms with Gasteiger partial charge in [-0.15, -0.1) is 0 Å². The predicted molar refractivity (Wildman–Crippen MR) is 117 cm³/mol. The molecule has 2 aromatic carbocycles. The molecule has 1 saturated heterocycles. The normalized spacial score (nSPS) is 15.9. The van der Waals surface area contributed by atoms with E-state index in [0.717, 1.165) is 67.2 Å². The van der Waals surface area contributed by atoms with Crippen LogP contribution in [0.25, 0.3) is 22.2 Å². The van der Waals surface area contributed by atoms with Crippen LogP contribution in [0.5, 0.6) is 11.5 Å². The molecule has 160 valence electrons.